The van der Waals surface area contributed by atoms with E-state index in [4.69, 9.17) is 9.31 Å². The average molecular weight is 177 g/mol. The van der Waals surface area contributed by atoms with Crippen LogP contribution in [-0.2, 0) is 9.31 Å². The smallest absolute Gasteiger partial charge is 0.407 e. The molecule has 4 heteroatoms. The van der Waals surface area contributed by atoms with Gasteiger partial charge in [-0.25, -0.2) is 0 Å². The summed E-state index contributed by atoms with van der Waals surface area (Å²) in [4.78, 5) is 4.19. The average Bonchev–Trinajstić information content (AvgIpc) is 2.20. The van der Waals surface area contributed by atoms with Gasteiger partial charge in [0.2, 0.25) is 0 Å². The van der Waals surface area contributed by atoms with Crippen LogP contribution in [0.3, 0.4) is 0 Å². The summed E-state index contributed by atoms with van der Waals surface area (Å²) in [5.74, 6) is 0. The zero-order valence-electron chi connectivity index (χ0n) is 7.69. The van der Waals surface area contributed by atoms with E-state index in [1.165, 1.54) is 0 Å². The molecule has 0 aliphatic carbocycles. The first-order valence-electron chi connectivity index (χ1n) is 4.52. The van der Waals surface area contributed by atoms with Crippen LogP contribution in [-0.4, -0.2) is 25.3 Å². The molecule has 0 saturated carbocycles. The van der Waals surface area contributed by atoms with Gasteiger partial charge in [-0.2, -0.15) is 0 Å². The molecule has 0 N–H and O–H groups in total. The number of rotatable bonds is 1. The fourth-order valence-electron chi connectivity index (χ4n) is 1.30. The van der Waals surface area contributed by atoms with Crippen molar-refractivity contribution in [1.82, 2.24) is 4.98 Å². The summed E-state index contributed by atoms with van der Waals surface area (Å²) in [6.45, 7) is 3.52. The second-order valence-electron chi connectivity index (χ2n) is 3.16. The van der Waals surface area contributed by atoms with Gasteiger partial charge in [0.05, 0.1) is 0 Å². The lowest BCUT2D eigenvalue weighted by atomic mass is 9.79. The number of aryl methyl sites for hydroxylation is 1. The molecule has 13 heavy (non-hydrogen) atoms. The monoisotopic (exact) mass is 177 g/mol. The molecule has 2 heterocycles. The van der Waals surface area contributed by atoms with Crippen LogP contribution < -0.4 is 5.46 Å². The first-order valence-corrected chi connectivity index (χ1v) is 4.52. The first kappa shape index (κ1) is 8.72. The Kier molecular flexibility index (Phi) is 2.61. The quantitative estimate of drug-likeness (QED) is 0.586. The summed E-state index contributed by atoms with van der Waals surface area (Å²) in [7, 11) is -0.207. The minimum Gasteiger partial charge on any atom is -0.407 e. The van der Waals surface area contributed by atoms with Gasteiger partial charge < -0.3 is 9.31 Å². The van der Waals surface area contributed by atoms with Gasteiger partial charge in [0.25, 0.3) is 0 Å². The molecule has 0 unspecified atom stereocenters. The maximum Gasteiger partial charge on any atom is 0.495 e. The maximum atomic E-state index is 5.44. The van der Waals surface area contributed by atoms with Gasteiger partial charge in [0.1, 0.15) is 0 Å². The van der Waals surface area contributed by atoms with E-state index < -0.39 is 0 Å². The van der Waals surface area contributed by atoms with E-state index in [-0.39, 0.29) is 7.12 Å². The number of aromatic nitrogens is 1. The Hall–Kier alpha value is -0.865. The van der Waals surface area contributed by atoms with Gasteiger partial charge in [0, 0.05) is 30.6 Å². The van der Waals surface area contributed by atoms with Crippen LogP contribution in [0.1, 0.15) is 12.1 Å². The van der Waals surface area contributed by atoms with Crippen molar-refractivity contribution < 1.29 is 9.31 Å². The molecule has 1 aromatic heterocycles. The van der Waals surface area contributed by atoms with Crippen molar-refractivity contribution in [2.75, 3.05) is 13.2 Å². The first-order chi connectivity index (χ1) is 6.36. The molecule has 0 atom stereocenters. The molecule has 1 aliphatic rings. The van der Waals surface area contributed by atoms with Gasteiger partial charge in [-0.05, 0) is 19.4 Å². The molecular weight excluding hydrogens is 165 g/mol. The second kappa shape index (κ2) is 3.90. The molecule has 1 saturated heterocycles. The largest absolute Gasteiger partial charge is 0.495 e. The SMILES string of the molecule is Cc1ccc(B2OCCCO2)cn1. The van der Waals surface area contributed by atoms with Crippen molar-refractivity contribution in [1.29, 1.82) is 0 Å². The predicted molar refractivity (Wildman–Crippen MR) is 50.9 cm³/mol. The highest BCUT2D eigenvalue weighted by Gasteiger charge is 2.24. The number of hydrogen-bond donors (Lipinski definition) is 0. The van der Waals surface area contributed by atoms with Crippen LogP contribution in [0.15, 0.2) is 18.3 Å². The summed E-state index contributed by atoms with van der Waals surface area (Å²) in [5, 5.41) is 0. The van der Waals surface area contributed by atoms with Crippen LogP contribution in [0.25, 0.3) is 0 Å². The summed E-state index contributed by atoms with van der Waals surface area (Å²) in [6, 6.07) is 3.97. The van der Waals surface area contributed by atoms with Crippen LogP contribution >= 0.6 is 0 Å². The Morgan fingerprint density at radius 2 is 2.08 bits per heavy atom. The van der Waals surface area contributed by atoms with E-state index in [1.807, 2.05) is 25.3 Å². The van der Waals surface area contributed by atoms with E-state index in [1.54, 1.807) is 0 Å². The summed E-state index contributed by atoms with van der Waals surface area (Å²) < 4.78 is 10.9. The topological polar surface area (TPSA) is 31.4 Å². The molecule has 2 rings (SSSR count). The Morgan fingerprint density at radius 1 is 1.31 bits per heavy atom. The minimum absolute atomic E-state index is 0.207. The lowest BCUT2D eigenvalue weighted by molar-refractivity contribution is 0.143. The summed E-state index contributed by atoms with van der Waals surface area (Å²) in [5.41, 5.74) is 2.02. The number of hydrogen-bond acceptors (Lipinski definition) is 3. The van der Waals surface area contributed by atoms with Crippen molar-refractivity contribution in [3.05, 3.63) is 24.0 Å². The fourth-order valence-corrected chi connectivity index (χ4v) is 1.30. The maximum absolute atomic E-state index is 5.44. The van der Waals surface area contributed by atoms with Gasteiger partial charge >= 0.3 is 7.12 Å². The third-order valence-corrected chi connectivity index (χ3v) is 2.03. The van der Waals surface area contributed by atoms with Crippen LogP contribution in [0, 0.1) is 6.92 Å². The van der Waals surface area contributed by atoms with Crippen LogP contribution in [0.4, 0.5) is 0 Å². The van der Waals surface area contributed by atoms with Crippen molar-refractivity contribution in [3.63, 3.8) is 0 Å². The Morgan fingerprint density at radius 3 is 2.69 bits per heavy atom. The third kappa shape index (κ3) is 2.08. The highest BCUT2D eigenvalue weighted by atomic mass is 16.6. The van der Waals surface area contributed by atoms with E-state index in [2.05, 4.69) is 4.98 Å². The van der Waals surface area contributed by atoms with E-state index in [9.17, 15) is 0 Å². The third-order valence-electron chi connectivity index (χ3n) is 2.03. The molecule has 68 valence electrons. The Labute approximate surface area is 78.2 Å². The molecule has 0 spiro atoms. The molecule has 3 nitrogen and oxygen atoms in total. The van der Waals surface area contributed by atoms with Crippen molar-refractivity contribution in [3.8, 4) is 0 Å². The fraction of sp³-hybridized carbons (Fsp3) is 0.444. The minimum atomic E-state index is -0.207. The zero-order valence-corrected chi connectivity index (χ0v) is 7.69. The van der Waals surface area contributed by atoms with Crippen molar-refractivity contribution in [2.24, 2.45) is 0 Å². The number of nitrogens with zero attached hydrogens (tertiary/aromatic N) is 1. The lowest BCUT2D eigenvalue weighted by Gasteiger charge is -2.19. The normalized spacial score (nSPS) is 17.5. The molecule has 0 radical (unpaired) electrons. The van der Waals surface area contributed by atoms with Crippen LogP contribution in [0.5, 0.6) is 0 Å². The number of pyridine rings is 1. The highest BCUT2D eigenvalue weighted by molar-refractivity contribution is 6.61. The Balaban J connectivity index is 2.10. The van der Waals surface area contributed by atoms with E-state index in [0.717, 1.165) is 30.8 Å². The zero-order chi connectivity index (χ0) is 9.10. The second-order valence-corrected chi connectivity index (χ2v) is 3.16. The van der Waals surface area contributed by atoms with Gasteiger partial charge in [-0.3, -0.25) is 4.98 Å². The van der Waals surface area contributed by atoms with Gasteiger partial charge in [-0.15, -0.1) is 0 Å². The van der Waals surface area contributed by atoms with Crippen molar-refractivity contribution >= 4 is 12.6 Å². The summed E-state index contributed by atoms with van der Waals surface area (Å²) in [6.07, 6.45) is 2.79. The van der Waals surface area contributed by atoms with Crippen LogP contribution in [0.2, 0.25) is 0 Å². The standard InChI is InChI=1S/C9H12BNO2/c1-8-3-4-9(7-11-8)10-12-5-2-6-13-10/h3-4,7H,2,5-6H2,1H3. The molecule has 1 aromatic rings. The van der Waals surface area contributed by atoms with E-state index in [0.29, 0.717) is 0 Å². The van der Waals surface area contributed by atoms with Gasteiger partial charge in [-0.1, -0.05) is 6.07 Å². The molecule has 1 fully saturated rings. The summed E-state index contributed by atoms with van der Waals surface area (Å²) >= 11 is 0. The predicted octanol–water partition coefficient (Wildman–Crippen LogP) is 0.522. The highest BCUT2D eigenvalue weighted by Crippen LogP contribution is 2.01. The van der Waals surface area contributed by atoms with Gasteiger partial charge in [0.15, 0.2) is 0 Å². The molecule has 0 amide bonds. The lowest BCUT2D eigenvalue weighted by Crippen LogP contribution is -2.41. The molecule has 0 aromatic carbocycles. The van der Waals surface area contributed by atoms with E-state index >= 15 is 0 Å². The van der Waals surface area contributed by atoms with Crippen molar-refractivity contribution in [2.45, 2.75) is 13.3 Å². The molecule has 0 bridgehead atoms. The molecule has 1 aliphatic heterocycles. The molecular formula is C9H12BNO2. The Bertz CT molecular complexity index is 269.